The molecule has 0 fully saturated rings. The van der Waals surface area contributed by atoms with Gasteiger partial charge in [-0.3, -0.25) is 9.59 Å². The molecule has 0 unspecified atom stereocenters. The van der Waals surface area contributed by atoms with Gasteiger partial charge in [-0.15, -0.1) is 0 Å². The molecule has 0 aromatic heterocycles. The number of hydrogen-bond acceptors (Lipinski definition) is 8. The third-order valence-corrected chi connectivity index (χ3v) is 8.53. The number of amides is 4. The van der Waals surface area contributed by atoms with Crippen LogP contribution in [0.25, 0.3) is 0 Å². The molecule has 2 aromatic carbocycles. The van der Waals surface area contributed by atoms with E-state index < -0.39 is 12.1 Å². The first kappa shape index (κ1) is 38.6. The number of fused-ring (bicyclic) bond motifs is 1. The van der Waals surface area contributed by atoms with Crippen LogP contribution in [0.3, 0.4) is 0 Å². The average Bonchev–Trinajstić information content (AvgIpc) is 3.06. The summed E-state index contributed by atoms with van der Waals surface area (Å²) in [6.07, 6.45) is 3.16. The van der Waals surface area contributed by atoms with E-state index in [9.17, 15) is 19.5 Å². The number of carbonyl (C=O) groups is 3. The summed E-state index contributed by atoms with van der Waals surface area (Å²) in [6.45, 7) is 7.54. The second-order valence-electron chi connectivity index (χ2n) is 13.0. The third kappa shape index (κ3) is 12.0. The molecule has 0 spiro atoms. The maximum Gasteiger partial charge on any atom is 0.323 e. The lowest BCUT2D eigenvalue weighted by Crippen LogP contribution is -2.48. The second kappa shape index (κ2) is 19.2. The lowest BCUT2D eigenvalue weighted by molar-refractivity contribution is -0.132. The van der Waals surface area contributed by atoms with Gasteiger partial charge in [0, 0.05) is 50.5 Å². The predicted octanol–water partition coefficient (Wildman–Crippen LogP) is 4.93. The highest BCUT2D eigenvalue weighted by Crippen LogP contribution is 2.29. The minimum Gasteiger partial charge on any atom is -0.497 e. The zero-order chi connectivity index (χ0) is 35.2. The summed E-state index contributed by atoms with van der Waals surface area (Å²) < 4.78 is 17.8. The molecular weight excluding hydrogens is 614 g/mol. The Morgan fingerprint density at radius 1 is 1.06 bits per heavy atom. The first-order valence-electron chi connectivity index (χ1n) is 16.9. The summed E-state index contributed by atoms with van der Waals surface area (Å²) in [7, 11) is 7.35. The van der Waals surface area contributed by atoms with Crippen LogP contribution in [0.15, 0.2) is 42.5 Å². The highest BCUT2D eigenvalue weighted by atomic mass is 16.5. The molecule has 12 nitrogen and oxygen atoms in total. The molecule has 266 valence electrons. The Balaban J connectivity index is 1.86. The SMILES string of the molecule is COc1ccc(NC(=O)Nc2ccc3c(c2)C(=O)N([C@H](C)CO)C[C@H](C)[C@@H](CN(C)C(=O)CCCN(C)C)OCCCC[C@@H](C)O3)cc1. The third-order valence-electron chi connectivity index (χ3n) is 8.53. The van der Waals surface area contributed by atoms with Crippen LogP contribution in [0.4, 0.5) is 16.2 Å². The Hall–Kier alpha value is -3.87. The molecule has 3 rings (SSSR count). The number of methoxy groups -OCH3 is 1. The van der Waals surface area contributed by atoms with Gasteiger partial charge in [0.05, 0.1) is 37.5 Å². The Morgan fingerprint density at radius 2 is 1.75 bits per heavy atom. The number of anilines is 2. The predicted molar refractivity (Wildman–Crippen MR) is 188 cm³/mol. The first-order valence-corrected chi connectivity index (χ1v) is 16.9. The first-order chi connectivity index (χ1) is 22.9. The normalized spacial score (nSPS) is 19.8. The minimum atomic E-state index is -0.515. The van der Waals surface area contributed by atoms with Crippen LogP contribution in [0, 0.1) is 5.92 Å². The van der Waals surface area contributed by atoms with E-state index in [1.165, 1.54) is 0 Å². The molecular formula is C36H55N5O7. The van der Waals surface area contributed by atoms with Crippen molar-refractivity contribution < 1.29 is 33.7 Å². The van der Waals surface area contributed by atoms with Gasteiger partial charge in [0.25, 0.3) is 5.91 Å². The molecule has 0 bridgehead atoms. The van der Waals surface area contributed by atoms with E-state index in [0.29, 0.717) is 42.4 Å². The fraction of sp³-hybridized carbons (Fsp3) is 0.583. The van der Waals surface area contributed by atoms with Crippen LogP contribution in [0.5, 0.6) is 11.5 Å². The van der Waals surface area contributed by atoms with Crippen LogP contribution in [-0.2, 0) is 9.53 Å². The lowest BCUT2D eigenvalue weighted by Gasteiger charge is -2.36. The van der Waals surface area contributed by atoms with Crippen molar-refractivity contribution in [3.05, 3.63) is 48.0 Å². The van der Waals surface area contributed by atoms with E-state index >= 15 is 0 Å². The van der Waals surface area contributed by atoms with Crippen LogP contribution in [-0.4, -0.2) is 117 Å². The Labute approximate surface area is 285 Å². The van der Waals surface area contributed by atoms with Crippen molar-refractivity contribution >= 4 is 29.2 Å². The molecule has 48 heavy (non-hydrogen) atoms. The van der Waals surface area contributed by atoms with Gasteiger partial charge >= 0.3 is 6.03 Å². The molecule has 1 aliphatic heterocycles. The smallest absolute Gasteiger partial charge is 0.323 e. The zero-order valence-corrected chi connectivity index (χ0v) is 29.7. The number of ether oxygens (including phenoxy) is 3. The molecule has 0 saturated heterocycles. The van der Waals surface area contributed by atoms with Crippen molar-refractivity contribution in [2.75, 3.05) is 71.7 Å². The van der Waals surface area contributed by atoms with Crippen molar-refractivity contribution in [3.8, 4) is 11.5 Å². The van der Waals surface area contributed by atoms with E-state index in [1.54, 1.807) is 73.3 Å². The van der Waals surface area contributed by atoms with Gasteiger partial charge < -0.3 is 44.7 Å². The average molecular weight is 670 g/mol. The molecule has 2 aromatic rings. The van der Waals surface area contributed by atoms with Crippen molar-refractivity contribution in [2.45, 2.75) is 71.1 Å². The van der Waals surface area contributed by atoms with Crippen molar-refractivity contribution in [1.29, 1.82) is 0 Å². The molecule has 3 N–H and O–H groups in total. The maximum atomic E-state index is 14.3. The standard InChI is InChI=1S/C36H55N5O7/c1-25-22-41(26(2)24-42)35(44)31-21-29(38-36(45)37-28-13-16-30(46-7)17-14-28)15-18-32(31)48-27(3)11-8-9-20-47-33(25)23-40(6)34(43)12-10-19-39(4)5/h13-18,21,25-27,33,42H,8-12,19-20,22-24H2,1-7H3,(H2,37,38,45)/t25-,26+,27+,33+/m0/s1. The Morgan fingerprint density at radius 3 is 2.42 bits per heavy atom. The van der Waals surface area contributed by atoms with Gasteiger partial charge in [-0.25, -0.2) is 4.79 Å². The maximum absolute atomic E-state index is 14.3. The number of aliphatic hydroxyl groups excluding tert-OH is 1. The summed E-state index contributed by atoms with van der Waals surface area (Å²) in [5, 5.41) is 15.8. The largest absolute Gasteiger partial charge is 0.497 e. The summed E-state index contributed by atoms with van der Waals surface area (Å²) in [5.41, 5.74) is 1.26. The van der Waals surface area contributed by atoms with E-state index in [-0.39, 0.29) is 48.7 Å². The topological polar surface area (TPSA) is 133 Å². The second-order valence-corrected chi connectivity index (χ2v) is 13.0. The molecule has 0 radical (unpaired) electrons. The van der Waals surface area contributed by atoms with Gasteiger partial charge in [-0.2, -0.15) is 0 Å². The highest BCUT2D eigenvalue weighted by molar-refractivity contribution is 6.02. The molecule has 1 heterocycles. The van der Waals surface area contributed by atoms with Crippen molar-refractivity contribution in [3.63, 3.8) is 0 Å². The summed E-state index contributed by atoms with van der Waals surface area (Å²) in [5.74, 6) is 0.630. The monoisotopic (exact) mass is 669 g/mol. The Bertz CT molecular complexity index is 1320. The molecule has 0 saturated carbocycles. The molecule has 4 atom stereocenters. The lowest BCUT2D eigenvalue weighted by atomic mass is 10.0. The summed E-state index contributed by atoms with van der Waals surface area (Å²) >= 11 is 0. The van der Waals surface area contributed by atoms with E-state index in [2.05, 4.69) is 15.5 Å². The van der Waals surface area contributed by atoms with Gasteiger partial charge in [0.2, 0.25) is 5.91 Å². The van der Waals surface area contributed by atoms with Crippen LogP contribution >= 0.6 is 0 Å². The number of hydrogen-bond donors (Lipinski definition) is 3. The molecule has 1 aliphatic rings. The van der Waals surface area contributed by atoms with Crippen LogP contribution in [0.1, 0.15) is 63.2 Å². The molecule has 0 aliphatic carbocycles. The van der Waals surface area contributed by atoms with Crippen LogP contribution in [0.2, 0.25) is 0 Å². The summed E-state index contributed by atoms with van der Waals surface area (Å²) in [6, 6.07) is 11.0. The summed E-state index contributed by atoms with van der Waals surface area (Å²) in [4.78, 5) is 45.6. The van der Waals surface area contributed by atoms with Gasteiger partial charge in [-0.1, -0.05) is 6.92 Å². The van der Waals surface area contributed by atoms with E-state index in [0.717, 1.165) is 32.2 Å². The zero-order valence-electron chi connectivity index (χ0n) is 29.7. The van der Waals surface area contributed by atoms with Gasteiger partial charge in [-0.05, 0) is 103 Å². The fourth-order valence-electron chi connectivity index (χ4n) is 5.54. The number of nitrogens with zero attached hydrogens (tertiary/aromatic N) is 3. The quantitative estimate of drug-likeness (QED) is 0.307. The minimum absolute atomic E-state index is 0.0553. The van der Waals surface area contributed by atoms with E-state index in [4.69, 9.17) is 14.2 Å². The number of benzene rings is 2. The Kier molecular flexibility index (Phi) is 15.4. The number of aliphatic hydroxyl groups is 1. The van der Waals surface area contributed by atoms with Crippen molar-refractivity contribution in [2.24, 2.45) is 5.92 Å². The fourth-order valence-corrected chi connectivity index (χ4v) is 5.54. The molecule has 12 heteroatoms. The van der Waals surface area contributed by atoms with Crippen LogP contribution < -0.4 is 20.1 Å². The van der Waals surface area contributed by atoms with Crippen molar-refractivity contribution in [1.82, 2.24) is 14.7 Å². The van der Waals surface area contributed by atoms with Gasteiger partial charge in [0.15, 0.2) is 0 Å². The number of likely N-dealkylation sites (N-methyl/N-ethyl adjacent to an activating group) is 1. The highest BCUT2D eigenvalue weighted by Gasteiger charge is 2.31. The number of rotatable bonds is 11. The van der Waals surface area contributed by atoms with E-state index in [1.807, 2.05) is 27.9 Å². The number of urea groups is 1. The molecule has 4 amide bonds. The van der Waals surface area contributed by atoms with Gasteiger partial charge in [0.1, 0.15) is 11.5 Å². The number of carbonyl (C=O) groups excluding carboxylic acids is 3. The number of nitrogens with one attached hydrogen (secondary N) is 2.